The molecule has 0 radical (unpaired) electrons. The Morgan fingerprint density at radius 3 is 2.83 bits per heavy atom. The number of nitrogens with zero attached hydrogens (tertiary/aromatic N) is 1. The van der Waals surface area contributed by atoms with Crippen molar-refractivity contribution in [2.75, 3.05) is 25.6 Å². The van der Waals surface area contributed by atoms with Gasteiger partial charge in [-0.1, -0.05) is 34.1 Å². The summed E-state index contributed by atoms with van der Waals surface area (Å²) in [6.07, 6.45) is 0. The summed E-state index contributed by atoms with van der Waals surface area (Å²) >= 11 is 7.00. The van der Waals surface area contributed by atoms with E-state index in [0.717, 1.165) is 31.8 Å². The SMILES string of the molecule is COc1ccccc1[C@H]1COCC(Nc2ccc(Br)cc2Br)=N1. The lowest BCUT2D eigenvalue weighted by molar-refractivity contribution is 0.143. The number of hydrogen-bond donors (Lipinski definition) is 1. The molecule has 1 atom stereocenters. The van der Waals surface area contributed by atoms with Crippen LogP contribution in [0.5, 0.6) is 5.75 Å². The van der Waals surface area contributed by atoms with Crippen LogP contribution in [0.3, 0.4) is 0 Å². The van der Waals surface area contributed by atoms with E-state index in [9.17, 15) is 0 Å². The number of halogens is 2. The predicted molar refractivity (Wildman–Crippen MR) is 99.5 cm³/mol. The van der Waals surface area contributed by atoms with Crippen molar-refractivity contribution in [2.45, 2.75) is 6.04 Å². The standard InChI is InChI=1S/C17H16Br2N2O2/c1-22-16-5-3-2-4-12(16)15-9-23-10-17(21-15)20-14-7-6-11(18)8-13(14)19/h2-8,15H,9-10H2,1H3,(H,20,21)/t15-/m1/s1. The molecular formula is C17H16Br2N2O2. The van der Waals surface area contributed by atoms with Crippen LogP contribution in [0.15, 0.2) is 56.4 Å². The number of hydrogen-bond acceptors (Lipinski definition) is 4. The first-order valence-corrected chi connectivity index (χ1v) is 8.75. The zero-order chi connectivity index (χ0) is 16.2. The topological polar surface area (TPSA) is 42.9 Å². The molecule has 0 fully saturated rings. The molecule has 0 unspecified atom stereocenters. The van der Waals surface area contributed by atoms with Crippen LogP contribution in [-0.2, 0) is 4.74 Å². The lowest BCUT2D eigenvalue weighted by atomic mass is 10.1. The fraction of sp³-hybridized carbons (Fsp3) is 0.235. The van der Waals surface area contributed by atoms with Crippen LogP contribution in [0.1, 0.15) is 11.6 Å². The molecule has 0 aliphatic carbocycles. The summed E-state index contributed by atoms with van der Waals surface area (Å²) in [5, 5.41) is 3.33. The summed E-state index contributed by atoms with van der Waals surface area (Å²) in [4.78, 5) is 4.79. The summed E-state index contributed by atoms with van der Waals surface area (Å²) in [6, 6.07) is 13.8. The van der Waals surface area contributed by atoms with Gasteiger partial charge in [0.25, 0.3) is 0 Å². The zero-order valence-corrected chi connectivity index (χ0v) is 15.7. The summed E-state index contributed by atoms with van der Waals surface area (Å²) in [6.45, 7) is 1.02. The number of methoxy groups -OCH3 is 1. The smallest absolute Gasteiger partial charge is 0.128 e. The molecule has 2 aromatic rings. The van der Waals surface area contributed by atoms with Gasteiger partial charge in [-0.05, 0) is 40.2 Å². The Hall–Kier alpha value is -1.37. The number of amidine groups is 1. The van der Waals surface area contributed by atoms with E-state index < -0.39 is 0 Å². The van der Waals surface area contributed by atoms with Gasteiger partial charge in [-0.25, -0.2) is 0 Å². The Kier molecular flexibility index (Phi) is 5.35. The highest BCUT2D eigenvalue weighted by molar-refractivity contribution is 9.11. The first-order chi connectivity index (χ1) is 11.2. The van der Waals surface area contributed by atoms with Crippen LogP contribution < -0.4 is 10.1 Å². The zero-order valence-electron chi connectivity index (χ0n) is 12.6. The molecule has 0 aromatic heterocycles. The van der Waals surface area contributed by atoms with Crippen molar-refractivity contribution in [1.29, 1.82) is 0 Å². The molecule has 1 N–H and O–H groups in total. The second-order valence-corrected chi connectivity index (χ2v) is 6.87. The van der Waals surface area contributed by atoms with Crippen LogP contribution in [0, 0.1) is 0 Å². The first-order valence-electron chi connectivity index (χ1n) is 7.17. The van der Waals surface area contributed by atoms with E-state index in [-0.39, 0.29) is 6.04 Å². The van der Waals surface area contributed by atoms with Crippen molar-refractivity contribution in [3.8, 4) is 5.75 Å². The monoisotopic (exact) mass is 438 g/mol. The second-order valence-electron chi connectivity index (χ2n) is 5.10. The third kappa shape index (κ3) is 3.94. The number of rotatable bonds is 3. The molecule has 120 valence electrons. The van der Waals surface area contributed by atoms with Gasteiger partial charge >= 0.3 is 0 Å². The molecule has 2 aromatic carbocycles. The summed E-state index contributed by atoms with van der Waals surface area (Å²) < 4.78 is 13.1. The fourth-order valence-electron chi connectivity index (χ4n) is 2.45. The maximum absolute atomic E-state index is 5.71. The van der Waals surface area contributed by atoms with Crippen molar-refractivity contribution in [2.24, 2.45) is 4.99 Å². The van der Waals surface area contributed by atoms with E-state index in [1.54, 1.807) is 7.11 Å². The van der Waals surface area contributed by atoms with Gasteiger partial charge in [0.05, 0.1) is 19.4 Å². The number of benzene rings is 2. The Bertz CT molecular complexity index is 734. The Morgan fingerprint density at radius 2 is 2.04 bits per heavy atom. The molecule has 4 nitrogen and oxygen atoms in total. The molecule has 1 aliphatic heterocycles. The Labute approximate surface area is 152 Å². The van der Waals surface area contributed by atoms with Gasteiger partial charge in [0, 0.05) is 14.5 Å². The lowest BCUT2D eigenvalue weighted by Crippen LogP contribution is -2.27. The highest BCUT2D eigenvalue weighted by atomic mass is 79.9. The lowest BCUT2D eigenvalue weighted by Gasteiger charge is -2.23. The number of anilines is 1. The van der Waals surface area contributed by atoms with E-state index in [0.29, 0.717) is 13.2 Å². The minimum Gasteiger partial charge on any atom is -0.496 e. The molecule has 1 aliphatic rings. The largest absolute Gasteiger partial charge is 0.496 e. The van der Waals surface area contributed by atoms with E-state index in [4.69, 9.17) is 14.5 Å². The molecule has 1 heterocycles. The number of para-hydroxylation sites is 1. The third-order valence-electron chi connectivity index (χ3n) is 3.53. The highest BCUT2D eigenvalue weighted by Gasteiger charge is 2.20. The van der Waals surface area contributed by atoms with E-state index in [2.05, 4.69) is 37.2 Å². The van der Waals surface area contributed by atoms with Crippen molar-refractivity contribution in [3.05, 3.63) is 57.0 Å². The number of nitrogens with one attached hydrogen (secondary N) is 1. The molecule has 0 bridgehead atoms. The van der Waals surface area contributed by atoms with Crippen LogP contribution in [0.25, 0.3) is 0 Å². The molecule has 3 rings (SSSR count). The van der Waals surface area contributed by atoms with Crippen molar-refractivity contribution < 1.29 is 9.47 Å². The quantitative estimate of drug-likeness (QED) is 0.746. The third-order valence-corrected chi connectivity index (χ3v) is 4.68. The second kappa shape index (κ2) is 7.47. The molecule has 0 saturated carbocycles. The van der Waals surface area contributed by atoms with Gasteiger partial charge in [0.1, 0.15) is 24.2 Å². The molecule has 6 heteroatoms. The normalized spacial score (nSPS) is 17.5. The van der Waals surface area contributed by atoms with Gasteiger partial charge in [-0.15, -0.1) is 0 Å². The first kappa shape index (κ1) is 16.5. The van der Waals surface area contributed by atoms with Gasteiger partial charge in [0.2, 0.25) is 0 Å². The molecule has 0 saturated heterocycles. The maximum Gasteiger partial charge on any atom is 0.128 e. The number of aliphatic imine (C=N–C) groups is 1. The summed E-state index contributed by atoms with van der Waals surface area (Å²) in [5.41, 5.74) is 1.99. The average Bonchev–Trinajstić information content (AvgIpc) is 2.58. The number of ether oxygens (including phenoxy) is 2. The van der Waals surface area contributed by atoms with E-state index in [1.807, 2.05) is 42.5 Å². The van der Waals surface area contributed by atoms with Gasteiger partial charge in [-0.3, -0.25) is 4.99 Å². The van der Waals surface area contributed by atoms with E-state index in [1.165, 1.54) is 0 Å². The highest BCUT2D eigenvalue weighted by Crippen LogP contribution is 2.30. The Balaban J connectivity index is 1.84. The summed E-state index contributed by atoms with van der Waals surface area (Å²) in [7, 11) is 1.67. The van der Waals surface area contributed by atoms with Gasteiger partial charge < -0.3 is 14.8 Å². The van der Waals surface area contributed by atoms with Crippen molar-refractivity contribution in [1.82, 2.24) is 0 Å². The van der Waals surface area contributed by atoms with Crippen molar-refractivity contribution >= 4 is 43.4 Å². The molecule has 0 spiro atoms. The molecule has 0 amide bonds. The minimum absolute atomic E-state index is 0.0726. The van der Waals surface area contributed by atoms with Crippen LogP contribution in [0.2, 0.25) is 0 Å². The van der Waals surface area contributed by atoms with Crippen LogP contribution in [-0.4, -0.2) is 26.2 Å². The van der Waals surface area contributed by atoms with Crippen LogP contribution in [0.4, 0.5) is 5.69 Å². The fourth-order valence-corrected chi connectivity index (χ4v) is 3.59. The minimum atomic E-state index is -0.0726. The molecular weight excluding hydrogens is 424 g/mol. The maximum atomic E-state index is 5.71. The summed E-state index contributed by atoms with van der Waals surface area (Å²) in [5.74, 6) is 1.63. The average molecular weight is 440 g/mol. The Morgan fingerprint density at radius 1 is 1.22 bits per heavy atom. The van der Waals surface area contributed by atoms with Crippen LogP contribution >= 0.6 is 31.9 Å². The van der Waals surface area contributed by atoms with Gasteiger partial charge in [-0.2, -0.15) is 0 Å². The molecule has 23 heavy (non-hydrogen) atoms. The predicted octanol–water partition coefficient (Wildman–Crippen LogP) is 4.80. The van der Waals surface area contributed by atoms with Gasteiger partial charge in [0.15, 0.2) is 0 Å². The van der Waals surface area contributed by atoms with E-state index >= 15 is 0 Å². The van der Waals surface area contributed by atoms with Crippen molar-refractivity contribution in [3.63, 3.8) is 0 Å².